The molecule has 1 N–H and O–H groups in total. The van der Waals surface area contributed by atoms with Gasteiger partial charge in [0.2, 0.25) is 0 Å². The molecule has 126 valence electrons. The summed E-state index contributed by atoms with van der Waals surface area (Å²) in [6, 6.07) is 0. The van der Waals surface area contributed by atoms with Gasteiger partial charge in [0.05, 0.1) is 18.4 Å². The maximum atomic E-state index is 12.2. The molecule has 2 unspecified atom stereocenters. The van der Waals surface area contributed by atoms with Crippen molar-refractivity contribution in [1.82, 2.24) is 0 Å². The van der Waals surface area contributed by atoms with Gasteiger partial charge in [0.15, 0.2) is 0 Å². The van der Waals surface area contributed by atoms with Crippen molar-refractivity contribution >= 4 is 11.9 Å². The molecule has 0 heterocycles. The summed E-state index contributed by atoms with van der Waals surface area (Å²) in [6.45, 7) is 6.52. The Hall–Kier alpha value is -1.32. The van der Waals surface area contributed by atoms with Crippen molar-refractivity contribution in [1.29, 1.82) is 0 Å². The van der Waals surface area contributed by atoms with E-state index in [0.29, 0.717) is 19.4 Å². The Morgan fingerprint density at radius 2 is 1.55 bits per heavy atom. The Bertz CT molecular complexity index is 411. The molecule has 0 amide bonds. The number of esters is 1. The minimum Gasteiger partial charge on any atom is -0.481 e. The Labute approximate surface area is 133 Å². The Morgan fingerprint density at radius 3 is 2.14 bits per heavy atom. The maximum Gasteiger partial charge on any atom is 0.310 e. The number of ether oxygens (including phenoxy) is 1. The molecule has 1 aliphatic carbocycles. The van der Waals surface area contributed by atoms with Crippen LogP contribution >= 0.6 is 0 Å². The third-order valence-corrected chi connectivity index (χ3v) is 4.63. The highest BCUT2D eigenvalue weighted by Gasteiger charge is 2.38. The number of carbonyl (C=O) groups excluding carboxylic acids is 1. The smallest absolute Gasteiger partial charge is 0.310 e. The third-order valence-electron chi connectivity index (χ3n) is 4.63. The molecule has 0 saturated heterocycles. The van der Waals surface area contributed by atoms with E-state index in [2.05, 4.69) is 6.92 Å². The number of hydrogen-bond donors (Lipinski definition) is 1. The van der Waals surface area contributed by atoms with Crippen LogP contribution in [-0.4, -0.2) is 23.7 Å². The molecule has 0 spiro atoms. The second-order valence-electron chi connectivity index (χ2n) is 6.46. The minimum atomic E-state index is -0.895. The van der Waals surface area contributed by atoms with Gasteiger partial charge in [-0.15, -0.1) is 0 Å². The average Bonchev–Trinajstić information content (AvgIpc) is 2.48. The first kappa shape index (κ1) is 18.7. The normalized spacial score (nSPS) is 21.8. The van der Waals surface area contributed by atoms with Crippen molar-refractivity contribution in [2.75, 3.05) is 6.61 Å². The van der Waals surface area contributed by atoms with Crippen LogP contribution in [0, 0.1) is 11.8 Å². The van der Waals surface area contributed by atoms with E-state index in [4.69, 9.17) is 4.74 Å². The van der Waals surface area contributed by atoms with Gasteiger partial charge in [-0.05, 0) is 33.1 Å². The molecule has 0 aromatic heterocycles. The van der Waals surface area contributed by atoms with Gasteiger partial charge in [-0.3, -0.25) is 9.59 Å². The number of carbonyl (C=O) groups is 2. The van der Waals surface area contributed by atoms with Gasteiger partial charge in [-0.2, -0.15) is 0 Å². The summed E-state index contributed by atoms with van der Waals surface area (Å²) >= 11 is 0. The van der Waals surface area contributed by atoms with Gasteiger partial charge in [0.1, 0.15) is 0 Å². The molecule has 0 bridgehead atoms. The molecule has 0 aliphatic heterocycles. The minimum absolute atomic E-state index is 0.340. The van der Waals surface area contributed by atoms with Crippen LogP contribution in [0.1, 0.15) is 72.1 Å². The van der Waals surface area contributed by atoms with Crippen LogP contribution in [0.25, 0.3) is 0 Å². The highest BCUT2D eigenvalue weighted by Crippen LogP contribution is 2.35. The van der Waals surface area contributed by atoms with Crippen molar-refractivity contribution < 1.29 is 19.4 Å². The lowest BCUT2D eigenvalue weighted by Crippen LogP contribution is -2.34. The Balaban J connectivity index is 2.38. The van der Waals surface area contributed by atoms with E-state index in [9.17, 15) is 14.7 Å². The van der Waals surface area contributed by atoms with Crippen LogP contribution in [-0.2, 0) is 14.3 Å². The van der Waals surface area contributed by atoms with Gasteiger partial charge in [0.25, 0.3) is 0 Å². The zero-order valence-corrected chi connectivity index (χ0v) is 14.2. The number of carboxylic acid groups (broad SMARTS) is 1. The molecule has 0 radical (unpaired) electrons. The lowest BCUT2D eigenvalue weighted by Gasteiger charge is -2.28. The van der Waals surface area contributed by atoms with Gasteiger partial charge >= 0.3 is 11.9 Å². The second kappa shape index (κ2) is 9.65. The standard InChI is InChI=1S/C18H30O4/c1-4-5-6-7-8-9-10-22-18(21)16-12-14(3)13(2)11-15(16)17(19)20/h15-16H,4-12H2,1-3H3,(H,19,20). The highest BCUT2D eigenvalue weighted by molar-refractivity contribution is 5.82. The van der Waals surface area contributed by atoms with Crippen molar-refractivity contribution in [3.05, 3.63) is 11.1 Å². The largest absolute Gasteiger partial charge is 0.481 e. The van der Waals surface area contributed by atoms with E-state index in [-0.39, 0.29) is 5.97 Å². The van der Waals surface area contributed by atoms with E-state index in [0.717, 1.165) is 24.0 Å². The Kier molecular flexibility index (Phi) is 8.21. The molecule has 1 aliphatic rings. The lowest BCUT2D eigenvalue weighted by molar-refractivity contribution is -0.158. The SMILES string of the molecule is CCCCCCCCOC(=O)C1CC(C)=C(C)CC1C(=O)O. The van der Waals surface area contributed by atoms with Gasteiger partial charge in [-0.1, -0.05) is 50.2 Å². The van der Waals surface area contributed by atoms with E-state index >= 15 is 0 Å². The number of carboxylic acids is 1. The van der Waals surface area contributed by atoms with E-state index in [1.54, 1.807) is 0 Å². The fourth-order valence-electron chi connectivity index (χ4n) is 2.96. The number of aliphatic carboxylic acids is 1. The average molecular weight is 310 g/mol. The number of allylic oxidation sites excluding steroid dienone is 2. The molecule has 0 aromatic carbocycles. The predicted molar refractivity (Wildman–Crippen MR) is 86.6 cm³/mol. The third kappa shape index (κ3) is 5.82. The van der Waals surface area contributed by atoms with E-state index in [1.807, 2.05) is 13.8 Å². The molecule has 4 nitrogen and oxygen atoms in total. The maximum absolute atomic E-state index is 12.2. The van der Waals surface area contributed by atoms with Crippen molar-refractivity contribution in [2.24, 2.45) is 11.8 Å². The molecular formula is C18H30O4. The van der Waals surface area contributed by atoms with Crippen LogP contribution in [0.5, 0.6) is 0 Å². The molecular weight excluding hydrogens is 280 g/mol. The summed E-state index contributed by atoms with van der Waals surface area (Å²) in [5.74, 6) is -2.40. The van der Waals surface area contributed by atoms with E-state index < -0.39 is 17.8 Å². The fraction of sp³-hybridized carbons (Fsp3) is 0.778. The first-order chi connectivity index (χ1) is 10.5. The van der Waals surface area contributed by atoms with Crippen LogP contribution in [0.4, 0.5) is 0 Å². The summed E-state index contributed by atoms with van der Waals surface area (Å²) in [4.78, 5) is 23.6. The Morgan fingerprint density at radius 1 is 1.00 bits per heavy atom. The van der Waals surface area contributed by atoms with Gasteiger partial charge in [0, 0.05) is 0 Å². The first-order valence-electron chi connectivity index (χ1n) is 8.52. The quantitative estimate of drug-likeness (QED) is 0.391. The number of unbranched alkanes of at least 4 members (excludes halogenated alkanes) is 5. The summed E-state index contributed by atoms with van der Waals surface area (Å²) in [5.41, 5.74) is 2.21. The fourth-order valence-corrected chi connectivity index (χ4v) is 2.96. The first-order valence-corrected chi connectivity index (χ1v) is 8.52. The molecule has 22 heavy (non-hydrogen) atoms. The summed E-state index contributed by atoms with van der Waals surface area (Å²) in [6.07, 6.45) is 7.79. The van der Waals surface area contributed by atoms with Crippen LogP contribution in [0.3, 0.4) is 0 Å². The molecule has 1 rings (SSSR count). The summed E-state index contributed by atoms with van der Waals surface area (Å²) in [5, 5.41) is 9.32. The number of hydrogen-bond acceptors (Lipinski definition) is 3. The lowest BCUT2D eigenvalue weighted by atomic mass is 9.76. The van der Waals surface area contributed by atoms with Crippen LogP contribution in [0.2, 0.25) is 0 Å². The van der Waals surface area contributed by atoms with Crippen molar-refractivity contribution in [3.8, 4) is 0 Å². The molecule has 2 atom stereocenters. The molecule has 0 fully saturated rings. The summed E-state index contributed by atoms with van der Waals surface area (Å²) < 4.78 is 5.33. The molecule has 0 saturated carbocycles. The molecule has 0 aromatic rings. The van der Waals surface area contributed by atoms with E-state index in [1.165, 1.54) is 25.7 Å². The van der Waals surface area contributed by atoms with Crippen molar-refractivity contribution in [3.63, 3.8) is 0 Å². The summed E-state index contributed by atoms with van der Waals surface area (Å²) in [7, 11) is 0. The van der Waals surface area contributed by atoms with Crippen molar-refractivity contribution in [2.45, 2.75) is 72.1 Å². The second-order valence-corrected chi connectivity index (χ2v) is 6.46. The van der Waals surface area contributed by atoms with Crippen LogP contribution < -0.4 is 0 Å². The topological polar surface area (TPSA) is 63.6 Å². The number of rotatable bonds is 9. The monoisotopic (exact) mass is 310 g/mol. The van der Waals surface area contributed by atoms with Gasteiger partial charge in [-0.25, -0.2) is 0 Å². The highest BCUT2D eigenvalue weighted by atomic mass is 16.5. The molecule has 4 heteroatoms. The zero-order valence-electron chi connectivity index (χ0n) is 14.2. The zero-order chi connectivity index (χ0) is 16.5. The predicted octanol–water partition coefficient (Wildman–Crippen LogP) is 4.34. The van der Waals surface area contributed by atoms with Gasteiger partial charge < -0.3 is 9.84 Å². The van der Waals surface area contributed by atoms with Crippen LogP contribution in [0.15, 0.2) is 11.1 Å².